The van der Waals surface area contributed by atoms with E-state index in [4.69, 9.17) is 22.2 Å². The highest BCUT2D eigenvalue weighted by molar-refractivity contribution is 6.17. The molecule has 1 N–H and O–H groups in total. The van der Waals surface area contributed by atoms with Crippen molar-refractivity contribution in [2.45, 2.75) is 0 Å². The van der Waals surface area contributed by atoms with Gasteiger partial charge in [0.05, 0.1) is 13.2 Å². The molecule has 0 fully saturated rings. The van der Waals surface area contributed by atoms with Gasteiger partial charge in [0.15, 0.2) is 0 Å². The highest BCUT2D eigenvalue weighted by atomic mass is 35.5. The van der Waals surface area contributed by atoms with Crippen LogP contribution in [-0.2, 0) is 4.74 Å². The molecule has 0 amide bonds. The Labute approximate surface area is 63.2 Å². The number of rotatable bonds is 5. The van der Waals surface area contributed by atoms with Gasteiger partial charge in [0.25, 0.3) is 0 Å². The topological polar surface area (TPSA) is 78.2 Å². The van der Waals surface area contributed by atoms with E-state index in [2.05, 4.69) is 14.8 Å². The Balaban J connectivity index is 3.24. The summed E-state index contributed by atoms with van der Waals surface area (Å²) >= 11 is 5.23. The summed E-state index contributed by atoms with van der Waals surface area (Å²) in [6, 6.07) is 0. The maximum absolute atomic E-state index is 8.68. The van der Waals surface area contributed by atoms with Gasteiger partial charge in [-0.15, -0.1) is 11.6 Å². The molecule has 57 valence electrons. The highest BCUT2D eigenvalue weighted by Crippen LogP contribution is 1.97. The molecule has 10 heavy (non-hydrogen) atoms. The normalized spacial score (nSPS) is 9.50. The second kappa shape index (κ2) is 6.64. The lowest BCUT2D eigenvalue weighted by Gasteiger charge is -2.03. The Morgan fingerprint density at radius 1 is 1.80 bits per heavy atom. The van der Waals surface area contributed by atoms with Gasteiger partial charge < -0.3 is 9.84 Å². The Kier molecular flexibility index (Phi) is 6.32. The summed E-state index contributed by atoms with van der Waals surface area (Å²) in [7, 11) is 0. The number of ether oxygens (including phenoxy) is 1. The first-order valence-electron chi connectivity index (χ1n) is 2.55. The van der Waals surface area contributed by atoms with Crippen molar-refractivity contribution < 1.29 is 9.84 Å². The lowest BCUT2D eigenvalue weighted by Crippen LogP contribution is -2.07. The van der Waals surface area contributed by atoms with Crippen molar-refractivity contribution in [3.05, 3.63) is 16.7 Å². The highest BCUT2D eigenvalue weighted by Gasteiger charge is 2.02. The van der Waals surface area contributed by atoms with Gasteiger partial charge in [-0.05, 0) is 5.53 Å². The summed E-state index contributed by atoms with van der Waals surface area (Å²) in [5, 5.41) is 11.7. The second-order valence-electron chi connectivity index (χ2n) is 1.32. The number of nitrogens with zero attached hydrogens (tertiary/aromatic N) is 3. The van der Waals surface area contributed by atoms with Crippen molar-refractivity contribution in [3.8, 4) is 0 Å². The first kappa shape index (κ1) is 9.52. The Morgan fingerprint density at radius 3 is 3.00 bits per heavy atom. The van der Waals surface area contributed by atoms with Crippen molar-refractivity contribution in [1.82, 2.24) is 0 Å². The molecule has 0 aromatic carbocycles. The van der Waals surface area contributed by atoms with Crippen molar-refractivity contribution in [3.63, 3.8) is 0 Å². The third-order valence-electron chi connectivity index (χ3n) is 0.615. The molecule has 0 atom stereocenters. The number of alkyl halides is 1. The van der Waals surface area contributed by atoms with E-state index in [1.54, 1.807) is 0 Å². The minimum Gasteiger partial charge on any atom is -0.361 e. The Morgan fingerprint density at radius 2 is 2.50 bits per heavy atom. The van der Waals surface area contributed by atoms with Crippen LogP contribution in [0.3, 0.4) is 0 Å². The molecule has 0 aromatic heterocycles. The Bertz CT molecular complexity index is 126. The zero-order valence-electron chi connectivity index (χ0n) is 5.20. The summed E-state index contributed by atoms with van der Waals surface area (Å²) in [5.41, 5.74) is 7.79. The fourth-order valence-corrected chi connectivity index (χ4v) is 0.371. The molecule has 0 aliphatic heterocycles. The standard InChI is InChI=1S/C4H7ClN3O2/c5-1-2-10-4(9)3-7-8-6/h9H,1-3H2. The van der Waals surface area contributed by atoms with E-state index in [9.17, 15) is 0 Å². The number of azide groups is 1. The van der Waals surface area contributed by atoms with E-state index in [-0.39, 0.29) is 19.4 Å². The van der Waals surface area contributed by atoms with E-state index in [1.807, 2.05) is 0 Å². The molecule has 0 spiro atoms. The molecule has 0 aliphatic rings. The van der Waals surface area contributed by atoms with E-state index in [0.717, 1.165) is 0 Å². The molecular weight excluding hydrogens is 158 g/mol. The minimum atomic E-state index is -0.307. The van der Waals surface area contributed by atoms with Crippen molar-refractivity contribution >= 4 is 11.6 Å². The lowest BCUT2D eigenvalue weighted by atomic mass is 10.6. The zero-order chi connectivity index (χ0) is 7.82. The molecule has 5 nitrogen and oxygen atoms in total. The van der Waals surface area contributed by atoms with Crippen LogP contribution in [0, 0.1) is 6.29 Å². The second-order valence-corrected chi connectivity index (χ2v) is 1.70. The molecule has 0 heterocycles. The van der Waals surface area contributed by atoms with E-state index in [1.165, 1.54) is 0 Å². The maximum Gasteiger partial charge on any atom is 0.226 e. The van der Waals surface area contributed by atoms with Gasteiger partial charge in [-0.25, -0.2) is 0 Å². The van der Waals surface area contributed by atoms with Gasteiger partial charge in [0.1, 0.15) is 0 Å². The molecule has 0 unspecified atom stereocenters. The summed E-state index contributed by atoms with van der Waals surface area (Å²) in [6.45, 7) is 0.0573. The molecule has 0 aromatic rings. The van der Waals surface area contributed by atoms with Crippen LogP contribution in [0.5, 0.6) is 0 Å². The Hall–Kier alpha value is -0.480. The number of halogens is 1. The van der Waals surface area contributed by atoms with E-state index < -0.39 is 0 Å². The molecule has 1 radical (unpaired) electrons. The molecule has 0 saturated heterocycles. The van der Waals surface area contributed by atoms with Gasteiger partial charge in [0, 0.05) is 10.8 Å². The lowest BCUT2D eigenvalue weighted by molar-refractivity contribution is 0.0167. The molecular formula is C4H7ClN3O2. The van der Waals surface area contributed by atoms with Crippen molar-refractivity contribution in [2.24, 2.45) is 5.11 Å². The van der Waals surface area contributed by atoms with E-state index >= 15 is 0 Å². The van der Waals surface area contributed by atoms with Crippen LogP contribution in [0.2, 0.25) is 0 Å². The summed E-state index contributed by atoms with van der Waals surface area (Å²) in [5.74, 6) is 0.292. The predicted molar refractivity (Wildman–Crippen MR) is 35.9 cm³/mol. The van der Waals surface area contributed by atoms with Crippen LogP contribution in [0.25, 0.3) is 10.4 Å². The van der Waals surface area contributed by atoms with Crippen LogP contribution in [0.15, 0.2) is 5.11 Å². The summed E-state index contributed by atoms with van der Waals surface area (Å²) in [6.07, 6.45) is -0.307. The van der Waals surface area contributed by atoms with Crippen LogP contribution in [0.1, 0.15) is 0 Å². The van der Waals surface area contributed by atoms with Gasteiger partial charge in [0.2, 0.25) is 6.29 Å². The van der Waals surface area contributed by atoms with E-state index in [0.29, 0.717) is 5.88 Å². The molecule has 6 heteroatoms. The third-order valence-corrected chi connectivity index (χ3v) is 0.769. The number of aliphatic hydroxyl groups is 1. The SMILES string of the molecule is [N-]=[N+]=NC[C](O)OCCCl. The van der Waals surface area contributed by atoms with Gasteiger partial charge in [-0.1, -0.05) is 5.11 Å². The van der Waals surface area contributed by atoms with Crippen LogP contribution >= 0.6 is 11.6 Å². The molecule has 0 saturated carbocycles. The minimum absolute atomic E-state index is 0.159. The van der Waals surface area contributed by atoms with Crippen molar-refractivity contribution in [2.75, 3.05) is 19.0 Å². The first-order chi connectivity index (χ1) is 4.81. The molecule has 0 rings (SSSR count). The maximum atomic E-state index is 8.68. The van der Waals surface area contributed by atoms with Crippen LogP contribution in [-0.4, -0.2) is 24.1 Å². The van der Waals surface area contributed by atoms with Gasteiger partial charge >= 0.3 is 0 Å². The quantitative estimate of drug-likeness (QED) is 0.289. The smallest absolute Gasteiger partial charge is 0.226 e. The number of hydrogen-bond donors (Lipinski definition) is 1. The van der Waals surface area contributed by atoms with Gasteiger partial charge in [-0.2, -0.15) is 0 Å². The largest absolute Gasteiger partial charge is 0.361 e. The van der Waals surface area contributed by atoms with Crippen LogP contribution < -0.4 is 0 Å². The average Bonchev–Trinajstić information content (AvgIpc) is 1.97. The summed E-state index contributed by atoms with van der Waals surface area (Å²) < 4.78 is 4.57. The molecule has 0 bridgehead atoms. The number of aliphatic hydroxyl groups excluding tert-OH is 1. The molecule has 0 aliphatic carbocycles. The van der Waals surface area contributed by atoms with Gasteiger partial charge in [-0.3, -0.25) is 0 Å². The first-order valence-corrected chi connectivity index (χ1v) is 3.09. The monoisotopic (exact) mass is 164 g/mol. The third kappa shape index (κ3) is 5.65. The number of hydrogen-bond acceptors (Lipinski definition) is 3. The fourth-order valence-electron chi connectivity index (χ4n) is 0.294. The van der Waals surface area contributed by atoms with Crippen molar-refractivity contribution in [1.29, 1.82) is 0 Å². The average molecular weight is 165 g/mol. The van der Waals surface area contributed by atoms with Crippen LogP contribution in [0.4, 0.5) is 0 Å². The fraction of sp³-hybridized carbons (Fsp3) is 0.750. The zero-order valence-corrected chi connectivity index (χ0v) is 5.95. The summed E-state index contributed by atoms with van der Waals surface area (Å²) in [4.78, 5) is 2.41. The predicted octanol–water partition coefficient (Wildman–Crippen LogP) is 1.41.